The van der Waals surface area contributed by atoms with Gasteiger partial charge in [0.25, 0.3) is 11.8 Å². The Hall–Kier alpha value is -2.39. The van der Waals surface area contributed by atoms with E-state index in [1.54, 1.807) is 12.1 Å². The van der Waals surface area contributed by atoms with Crippen molar-refractivity contribution in [2.45, 2.75) is 44.8 Å². The van der Waals surface area contributed by atoms with Crippen molar-refractivity contribution in [3.8, 4) is 5.75 Å². The van der Waals surface area contributed by atoms with Crippen molar-refractivity contribution in [1.82, 2.24) is 10.2 Å². The number of urea groups is 1. The molecule has 32 heavy (non-hydrogen) atoms. The molecule has 0 unspecified atom stereocenters. The average Bonchev–Trinajstić information content (AvgIpc) is 2.78. The van der Waals surface area contributed by atoms with Crippen molar-refractivity contribution in [2.75, 3.05) is 0 Å². The Morgan fingerprint density at radius 1 is 1.06 bits per heavy atom. The van der Waals surface area contributed by atoms with Crippen molar-refractivity contribution >= 4 is 58.1 Å². The third-order valence-electron chi connectivity index (χ3n) is 5.65. The Balaban J connectivity index is 1.50. The van der Waals surface area contributed by atoms with Gasteiger partial charge in [-0.15, -0.1) is 0 Å². The molecule has 2 aliphatic rings. The van der Waals surface area contributed by atoms with Crippen LogP contribution in [0.15, 0.2) is 48.0 Å². The third-order valence-corrected chi connectivity index (χ3v) is 6.74. The van der Waals surface area contributed by atoms with E-state index in [1.807, 2.05) is 30.3 Å². The van der Waals surface area contributed by atoms with Crippen LogP contribution < -0.4 is 10.1 Å². The van der Waals surface area contributed by atoms with Gasteiger partial charge in [0.1, 0.15) is 17.9 Å². The number of rotatable bonds is 5. The van der Waals surface area contributed by atoms with Crippen LogP contribution in [0.3, 0.4) is 0 Å². The number of imide groups is 2. The van der Waals surface area contributed by atoms with Crippen molar-refractivity contribution in [3.05, 3.63) is 67.8 Å². The molecule has 1 aliphatic carbocycles. The zero-order chi connectivity index (χ0) is 22.7. The number of nitrogens with zero attached hydrogens (tertiary/aromatic N) is 1. The largest absolute Gasteiger partial charge is 0.488 e. The maximum Gasteiger partial charge on any atom is 0.331 e. The lowest BCUT2D eigenvalue weighted by Crippen LogP contribution is -2.58. The molecule has 1 N–H and O–H groups in total. The van der Waals surface area contributed by atoms with Crippen LogP contribution in [0.25, 0.3) is 6.08 Å². The molecule has 4 amide bonds. The molecule has 2 fully saturated rings. The normalized spacial score (nSPS) is 18.8. The summed E-state index contributed by atoms with van der Waals surface area (Å²) in [7, 11) is 0. The fourth-order valence-electron chi connectivity index (χ4n) is 3.97. The highest BCUT2D eigenvalue weighted by atomic mass is 127. The van der Waals surface area contributed by atoms with Crippen LogP contribution in [0.5, 0.6) is 5.75 Å². The number of ether oxygens (including phenoxy) is 1. The second kappa shape index (κ2) is 10.0. The van der Waals surface area contributed by atoms with Crippen LogP contribution in [0.2, 0.25) is 5.02 Å². The first-order chi connectivity index (χ1) is 15.4. The van der Waals surface area contributed by atoms with Gasteiger partial charge in [-0.05, 0) is 76.9 Å². The van der Waals surface area contributed by atoms with E-state index >= 15 is 0 Å². The first kappa shape index (κ1) is 22.8. The summed E-state index contributed by atoms with van der Waals surface area (Å²) >= 11 is 8.07. The Morgan fingerprint density at radius 3 is 2.47 bits per heavy atom. The summed E-state index contributed by atoms with van der Waals surface area (Å²) in [6.45, 7) is 0.396. The molecule has 1 aliphatic heterocycles. The molecule has 0 radical (unpaired) electrons. The molecule has 0 bridgehead atoms. The van der Waals surface area contributed by atoms with Crippen LogP contribution in [0, 0.1) is 3.57 Å². The summed E-state index contributed by atoms with van der Waals surface area (Å²) in [5.41, 5.74) is 1.65. The van der Waals surface area contributed by atoms with Gasteiger partial charge in [0.05, 0.1) is 3.57 Å². The highest BCUT2D eigenvalue weighted by molar-refractivity contribution is 14.1. The molecule has 6 nitrogen and oxygen atoms in total. The van der Waals surface area contributed by atoms with Gasteiger partial charge in [-0.2, -0.15) is 0 Å². The summed E-state index contributed by atoms with van der Waals surface area (Å²) in [4.78, 5) is 39.0. The Kier molecular flexibility index (Phi) is 7.15. The van der Waals surface area contributed by atoms with E-state index in [1.165, 1.54) is 11.0 Å². The summed E-state index contributed by atoms with van der Waals surface area (Å²) < 4.78 is 6.73. The van der Waals surface area contributed by atoms with E-state index in [2.05, 4.69) is 27.9 Å². The summed E-state index contributed by atoms with van der Waals surface area (Å²) in [5.74, 6) is -0.491. The smallest absolute Gasteiger partial charge is 0.331 e. The molecule has 8 heteroatoms. The predicted octanol–water partition coefficient (Wildman–Crippen LogP) is 5.32. The molecule has 166 valence electrons. The zero-order valence-electron chi connectivity index (χ0n) is 17.3. The molecule has 1 saturated heterocycles. The Morgan fingerprint density at radius 2 is 1.78 bits per heavy atom. The first-order valence-corrected chi connectivity index (χ1v) is 12.0. The number of halogens is 2. The van der Waals surface area contributed by atoms with Crippen molar-refractivity contribution in [3.63, 3.8) is 0 Å². The van der Waals surface area contributed by atoms with Crippen molar-refractivity contribution < 1.29 is 19.1 Å². The van der Waals surface area contributed by atoms with Gasteiger partial charge >= 0.3 is 6.03 Å². The van der Waals surface area contributed by atoms with Crippen molar-refractivity contribution in [1.29, 1.82) is 0 Å². The molecule has 1 heterocycles. The van der Waals surface area contributed by atoms with Gasteiger partial charge in [0.2, 0.25) is 0 Å². The molecule has 1 saturated carbocycles. The van der Waals surface area contributed by atoms with Crippen molar-refractivity contribution in [2.24, 2.45) is 0 Å². The van der Waals surface area contributed by atoms with Crippen LogP contribution in [-0.4, -0.2) is 28.8 Å². The number of carbonyl (C=O) groups is 3. The van der Waals surface area contributed by atoms with E-state index in [0.717, 1.165) is 41.2 Å². The number of carbonyl (C=O) groups excluding carboxylic acids is 3. The van der Waals surface area contributed by atoms with Gasteiger partial charge in [-0.3, -0.25) is 19.8 Å². The quantitative estimate of drug-likeness (QED) is 0.303. The van der Waals surface area contributed by atoms with E-state index in [4.69, 9.17) is 16.3 Å². The third kappa shape index (κ3) is 5.15. The monoisotopic (exact) mass is 564 g/mol. The van der Waals surface area contributed by atoms with Gasteiger partial charge in [0.15, 0.2) is 0 Å². The van der Waals surface area contributed by atoms with E-state index in [-0.39, 0.29) is 11.6 Å². The fourth-order valence-corrected chi connectivity index (χ4v) is 4.80. The van der Waals surface area contributed by atoms with E-state index in [9.17, 15) is 14.4 Å². The Bertz CT molecular complexity index is 1080. The minimum atomic E-state index is -0.662. The maximum absolute atomic E-state index is 13.0. The lowest BCUT2D eigenvalue weighted by Gasteiger charge is -2.35. The van der Waals surface area contributed by atoms with Crippen LogP contribution in [-0.2, 0) is 16.2 Å². The zero-order valence-corrected chi connectivity index (χ0v) is 20.2. The predicted molar refractivity (Wildman–Crippen MR) is 130 cm³/mol. The topological polar surface area (TPSA) is 75.7 Å². The number of nitrogens with one attached hydrogen (secondary N) is 1. The second-order valence-electron chi connectivity index (χ2n) is 7.89. The van der Waals surface area contributed by atoms with Gasteiger partial charge in [-0.1, -0.05) is 49.1 Å². The Labute approximate surface area is 205 Å². The average molecular weight is 565 g/mol. The molecule has 0 aromatic heterocycles. The molecule has 2 aromatic carbocycles. The SMILES string of the molecule is O=C1NC(=O)N(C2CCCCC2)C(=O)C1=Cc1ccc(OCc2ccc(Cl)cc2)c(I)c1. The standard InChI is InChI=1S/C24H22ClIN2O4/c25-17-9-6-15(7-10-17)14-32-21-11-8-16(13-20(21)26)12-19-22(29)27-24(31)28(23(19)30)18-4-2-1-3-5-18/h6-13,18H,1-5,14H2,(H,27,29,31). The minimum Gasteiger partial charge on any atom is -0.488 e. The maximum atomic E-state index is 13.0. The van der Waals surface area contributed by atoms with E-state index in [0.29, 0.717) is 22.9 Å². The highest BCUT2D eigenvalue weighted by Crippen LogP contribution is 2.28. The number of hydrogen-bond donors (Lipinski definition) is 1. The highest BCUT2D eigenvalue weighted by Gasteiger charge is 2.40. The van der Waals surface area contributed by atoms with Crippen LogP contribution in [0.4, 0.5) is 4.79 Å². The molecule has 4 rings (SSSR count). The van der Waals surface area contributed by atoms with Gasteiger partial charge in [0, 0.05) is 11.1 Å². The second-order valence-corrected chi connectivity index (χ2v) is 9.49. The first-order valence-electron chi connectivity index (χ1n) is 10.5. The molecule has 2 aromatic rings. The summed E-state index contributed by atoms with van der Waals surface area (Å²) in [6.07, 6.45) is 6.14. The number of amides is 4. The minimum absolute atomic E-state index is 0.0270. The van der Waals surface area contributed by atoms with Gasteiger partial charge in [-0.25, -0.2) is 4.79 Å². The lowest BCUT2D eigenvalue weighted by atomic mass is 9.93. The number of hydrogen-bond acceptors (Lipinski definition) is 4. The van der Waals surface area contributed by atoms with E-state index < -0.39 is 17.8 Å². The molecular formula is C24H22ClIN2O4. The number of barbiturate groups is 1. The lowest BCUT2D eigenvalue weighted by molar-refractivity contribution is -0.132. The van der Waals surface area contributed by atoms with Gasteiger partial charge < -0.3 is 4.74 Å². The molecule has 0 atom stereocenters. The number of benzene rings is 2. The molecular weight excluding hydrogens is 543 g/mol. The summed E-state index contributed by atoms with van der Waals surface area (Å²) in [5, 5.41) is 2.99. The van der Waals surface area contributed by atoms with Crippen LogP contribution >= 0.6 is 34.2 Å². The summed E-state index contributed by atoms with van der Waals surface area (Å²) in [6, 6.07) is 12.1. The molecule has 0 spiro atoms. The fraction of sp³-hybridized carbons (Fsp3) is 0.292. The van der Waals surface area contributed by atoms with Crippen LogP contribution in [0.1, 0.15) is 43.2 Å².